The Morgan fingerprint density at radius 1 is 1.39 bits per heavy atom. The second-order valence-corrected chi connectivity index (χ2v) is 4.64. The first-order valence-electron chi connectivity index (χ1n) is 4.98. The summed E-state index contributed by atoms with van der Waals surface area (Å²) in [5.74, 6) is 0.0789. The molecule has 0 radical (unpaired) electrons. The number of nitrogens with zero attached hydrogens (tertiary/aromatic N) is 2. The monoisotopic (exact) mass is 354 g/mol. The molecule has 0 bridgehead atoms. The normalized spacial score (nSPS) is 9.83. The minimum absolute atomic E-state index is 0.278. The molecule has 0 saturated carbocycles. The Hall–Kier alpha value is -1.88. The number of nitrogens with one attached hydrogen (secondary N) is 1. The summed E-state index contributed by atoms with van der Waals surface area (Å²) in [5, 5.41) is 11.8. The van der Waals surface area contributed by atoms with Gasteiger partial charge in [0.15, 0.2) is 5.82 Å². The maximum Gasteiger partial charge on any atom is 0.154 e. The predicted molar refractivity (Wildman–Crippen MR) is 75.8 cm³/mol. The van der Waals surface area contributed by atoms with Gasteiger partial charge in [-0.3, -0.25) is 0 Å². The fourth-order valence-electron chi connectivity index (χ4n) is 1.39. The first-order valence-corrected chi connectivity index (χ1v) is 6.06. The van der Waals surface area contributed by atoms with Gasteiger partial charge in [0.05, 0.1) is 16.9 Å². The van der Waals surface area contributed by atoms with Crippen LogP contribution in [0, 0.1) is 20.7 Å². The van der Waals surface area contributed by atoms with Crippen molar-refractivity contribution in [3.05, 3.63) is 45.4 Å². The summed E-state index contributed by atoms with van der Waals surface area (Å²) in [6.07, 6.45) is 1.49. The molecule has 3 N–H and O–H groups in total. The van der Waals surface area contributed by atoms with Gasteiger partial charge in [-0.25, -0.2) is 9.37 Å². The highest BCUT2D eigenvalue weighted by Crippen LogP contribution is 2.26. The largest absolute Gasteiger partial charge is 0.395 e. The number of nitrogen functional groups attached to an aromatic ring is 1. The van der Waals surface area contributed by atoms with Gasteiger partial charge >= 0.3 is 0 Å². The molecule has 4 nitrogen and oxygen atoms in total. The highest BCUT2D eigenvalue weighted by atomic mass is 127. The van der Waals surface area contributed by atoms with Crippen LogP contribution in [-0.2, 0) is 0 Å². The van der Waals surface area contributed by atoms with E-state index in [0.717, 1.165) is 0 Å². The number of pyridine rings is 1. The molecule has 0 fully saturated rings. The summed E-state index contributed by atoms with van der Waals surface area (Å²) in [5.41, 5.74) is 7.11. The summed E-state index contributed by atoms with van der Waals surface area (Å²) >= 11 is 2.01. The Morgan fingerprint density at radius 2 is 2.17 bits per heavy atom. The molecule has 6 heteroatoms. The van der Waals surface area contributed by atoms with Gasteiger partial charge in [0.25, 0.3) is 0 Å². The van der Waals surface area contributed by atoms with Crippen molar-refractivity contribution in [2.45, 2.75) is 0 Å². The molecule has 0 aliphatic heterocycles. The number of benzene rings is 1. The van der Waals surface area contributed by atoms with E-state index in [1.54, 1.807) is 6.07 Å². The Bertz CT molecular complexity index is 636. The lowest BCUT2D eigenvalue weighted by Gasteiger charge is -2.10. The molecular formula is C12H8FIN4. The fraction of sp³-hybridized carbons (Fsp3) is 0. The third-order valence-electron chi connectivity index (χ3n) is 2.29. The number of anilines is 3. The molecule has 0 unspecified atom stereocenters. The number of hydrogen-bond donors (Lipinski definition) is 2. The molecule has 2 aromatic rings. The molecule has 0 saturated heterocycles. The second kappa shape index (κ2) is 5.18. The van der Waals surface area contributed by atoms with E-state index < -0.39 is 0 Å². The van der Waals surface area contributed by atoms with Gasteiger partial charge in [-0.15, -0.1) is 0 Å². The molecule has 0 aliphatic carbocycles. The average molecular weight is 354 g/mol. The van der Waals surface area contributed by atoms with Crippen molar-refractivity contribution in [1.29, 1.82) is 5.26 Å². The first kappa shape index (κ1) is 12.6. The van der Waals surface area contributed by atoms with Crippen LogP contribution < -0.4 is 11.1 Å². The average Bonchev–Trinajstić information content (AvgIpc) is 2.35. The van der Waals surface area contributed by atoms with Gasteiger partial charge in [0.1, 0.15) is 11.9 Å². The molecule has 1 heterocycles. The Kier molecular flexibility index (Phi) is 3.62. The van der Waals surface area contributed by atoms with E-state index in [9.17, 15) is 4.39 Å². The van der Waals surface area contributed by atoms with Crippen molar-refractivity contribution >= 4 is 39.8 Å². The van der Waals surface area contributed by atoms with E-state index in [1.807, 2.05) is 28.7 Å². The van der Waals surface area contributed by atoms with Crippen LogP contribution in [0.15, 0.2) is 30.5 Å². The smallest absolute Gasteiger partial charge is 0.154 e. The van der Waals surface area contributed by atoms with E-state index in [-0.39, 0.29) is 11.5 Å². The molecule has 18 heavy (non-hydrogen) atoms. The lowest BCUT2D eigenvalue weighted by atomic mass is 10.2. The van der Waals surface area contributed by atoms with E-state index in [1.165, 1.54) is 24.4 Å². The molecule has 0 spiro atoms. The third kappa shape index (κ3) is 2.51. The minimum Gasteiger partial charge on any atom is -0.395 e. The van der Waals surface area contributed by atoms with Crippen LogP contribution in [0.3, 0.4) is 0 Å². The SMILES string of the molecule is N#Cc1ccnc(Nc2ccc(F)cc2I)c1N. The fourth-order valence-corrected chi connectivity index (χ4v) is 2.00. The zero-order valence-corrected chi connectivity index (χ0v) is 11.3. The van der Waals surface area contributed by atoms with Crippen LogP contribution in [0.4, 0.5) is 21.6 Å². The van der Waals surface area contributed by atoms with Crippen LogP contribution in [0.1, 0.15) is 5.56 Å². The second-order valence-electron chi connectivity index (χ2n) is 3.48. The summed E-state index contributed by atoms with van der Waals surface area (Å²) < 4.78 is 13.7. The van der Waals surface area contributed by atoms with E-state index in [4.69, 9.17) is 11.0 Å². The number of rotatable bonds is 2. The van der Waals surface area contributed by atoms with Gasteiger partial charge in [0, 0.05) is 9.77 Å². The number of aromatic nitrogens is 1. The van der Waals surface area contributed by atoms with Crippen LogP contribution in [-0.4, -0.2) is 4.98 Å². The van der Waals surface area contributed by atoms with E-state index in [0.29, 0.717) is 20.6 Å². The van der Waals surface area contributed by atoms with Crippen molar-refractivity contribution in [3.63, 3.8) is 0 Å². The van der Waals surface area contributed by atoms with Crippen molar-refractivity contribution in [3.8, 4) is 6.07 Å². The lowest BCUT2D eigenvalue weighted by molar-refractivity contribution is 0.627. The molecular weight excluding hydrogens is 346 g/mol. The van der Waals surface area contributed by atoms with E-state index >= 15 is 0 Å². The maximum absolute atomic E-state index is 13.0. The van der Waals surface area contributed by atoms with Crippen molar-refractivity contribution in [1.82, 2.24) is 4.98 Å². The van der Waals surface area contributed by atoms with Gasteiger partial charge in [0.2, 0.25) is 0 Å². The number of nitriles is 1. The molecule has 0 aliphatic rings. The summed E-state index contributed by atoms with van der Waals surface area (Å²) in [4.78, 5) is 4.06. The van der Waals surface area contributed by atoms with Crippen LogP contribution in [0.5, 0.6) is 0 Å². The summed E-state index contributed by atoms with van der Waals surface area (Å²) in [6.45, 7) is 0. The molecule has 0 atom stereocenters. The van der Waals surface area contributed by atoms with Gasteiger partial charge in [-0.2, -0.15) is 5.26 Å². The van der Waals surface area contributed by atoms with Gasteiger partial charge in [-0.1, -0.05) is 0 Å². The zero-order chi connectivity index (χ0) is 13.1. The number of hydrogen-bond acceptors (Lipinski definition) is 4. The minimum atomic E-state index is -0.309. The van der Waals surface area contributed by atoms with Crippen molar-refractivity contribution in [2.24, 2.45) is 0 Å². The highest BCUT2D eigenvalue weighted by Gasteiger charge is 2.08. The molecule has 2 rings (SSSR count). The van der Waals surface area contributed by atoms with Crippen molar-refractivity contribution < 1.29 is 4.39 Å². The number of nitrogens with two attached hydrogens (primary N) is 1. The summed E-state index contributed by atoms with van der Waals surface area (Å²) in [6, 6.07) is 7.85. The maximum atomic E-state index is 13.0. The molecule has 1 aromatic heterocycles. The third-order valence-corrected chi connectivity index (χ3v) is 3.19. The van der Waals surface area contributed by atoms with Crippen LogP contribution in [0.25, 0.3) is 0 Å². The lowest BCUT2D eigenvalue weighted by Crippen LogP contribution is -2.02. The molecule has 0 amide bonds. The molecule has 1 aromatic carbocycles. The van der Waals surface area contributed by atoms with Crippen LogP contribution >= 0.6 is 22.6 Å². The van der Waals surface area contributed by atoms with Crippen molar-refractivity contribution in [2.75, 3.05) is 11.1 Å². The zero-order valence-electron chi connectivity index (χ0n) is 9.11. The Morgan fingerprint density at radius 3 is 2.83 bits per heavy atom. The van der Waals surface area contributed by atoms with Gasteiger partial charge < -0.3 is 11.1 Å². The quantitative estimate of drug-likeness (QED) is 0.813. The van der Waals surface area contributed by atoms with Crippen LogP contribution in [0.2, 0.25) is 0 Å². The first-order chi connectivity index (χ1) is 8.61. The van der Waals surface area contributed by atoms with Gasteiger partial charge in [-0.05, 0) is 46.9 Å². The standard InChI is InChI=1S/C12H8FIN4/c13-8-1-2-10(9(14)5-8)18-12-11(16)7(6-15)3-4-17-12/h1-5H,16H2,(H,17,18). The highest BCUT2D eigenvalue weighted by molar-refractivity contribution is 14.1. The Balaban J connectivity index is 2.38. The topological polar surface area (TPSA) is 74.7 Å². The predicted octanol–water partition coefficient (Wildman–Crippen LogP) is 3.02. The Labute approximate surface area is 117 Å². The molecule has 90 valence electrons. The summed E-state index contributed by atoms with van der Waals surface area (Å²) in [7, 11) is 0. The number of halogens is 2. The van der Waals surface area contributed by atoms with E-state index in [2.05, 4.69) is 10.3 Å².